The molecule has 0 unspecified atom stereocenters. The molecule has 0 saturated carbocycles. The number of nitrogens with zero attached hydrogens (tertiary/aromatic N) is 2. The van der Waals surface area contributed by atoms with E-state index in [9.17, 15) is 0 Å². The summed E-state index contributed by atoms with van der Waals surface area (Å²) in [5.41, 5.74) is 14.3. The molecule has 5 heterocycles. The first-order chi connectivity index (χ1) is 27.2. The smallest absolute Gasteiger partial charge is 0.138 e. The molecular formula is C50H38N2O3. The van der Waals surface area contributed by atoms with Gasteiger partial charge in [-0.25, -0.2) is 0 Å². The SMILES string of the molecule is CC.CC.c1cc(-c2cccc(-c3ccc4oc5ccc(-c6ccc7oc8ccncc8c7c6)cc5c4c3)c2)cc(-c2ccc3oc4ccncc4c3c2)c1. The molecule has 0 spiro atoms. The molecule has 266 valence electrons. The van der Waals surface area contributed by atoms with Gasteiger partial charge >= 0.3 is 0 Å². The second-order valence-electron chi connectivity index (χ2n) is 13.1. The Balaban J connectivity index is 0.000000963. The minimum atomic E-state index is 0.844. The fourth-order valence-electron chi connectivity index (χ4n) is 7.49. The van der Waals surface area contributed by atoms with Gasteiger partial charge < -0.3 is 13.3 Å². The maximum absolute atomic E-state index is 6.31. The highest BCUT2D eigenvalue weighted by Crippen LogP contribution is 2.38. The molecule has 5 aromatic heterocycles. The quantitative estimate of drug-likeness (QED) is 0.182. The van der Waals surface area contributed by atoms with Crippen molar-refractivity contribution in [2.75, 3.05) is 0 Å². The van der Waals surface area contributed by atoms with E-state index in [1.54, 1.807) is 12.4 Å². The topological polar surface area (TPSA) is 65.2 Å². The fourth-order valence-corrected chi connectivity index (χ4v) is 7.49. The molecule has 0 radical (unpaired) electrons. The van der Waals surface area contributed by atoms with Gasteiger partial charge in [0.15, 0.2) is 0 Å². The van der Waals surface area contributed by atoms with Crippen LogP contribution in [0.2, 0.25) is 0 Å². The monoisotopic (exact) mass is 714 g/mol. The van der Waals surface area contributed by atoms with E-state index in [0.717, 1.165) is 110 Å². The van der Waals surface area contributed by atoms with Gasteiger partial charge in [-0.2, -0.15) is 0 Å². The van der Waals surface area contributed by atoms with Crippen LogP contribution in [0.15, 0.2) is 171 Å². The van der Waals surface area contributed by atoms with Crippen molar-refractivity contribution in [2.24, 2.45) is 0 Å². The van der Waals surface area contributed by atoms with Crippen LogP contribution in [0.25, 0.3) is 110 Å². The molecule has 5 heteroatoms. The Morgan fingerprint density at radius 2 is 0.564 bits per heavy atom. The Bertz CT molecular complexity index is 3160. The zero-order valence-corrected chi connectivity index (χ0v) is 31.1. The Hall–Kier alpha value is -6.98. The summed E-state index contributed by atoms with van der Waals surface area (Å²) in [6.07, 6.45) is 7.26. The number of aromatic nitrogens is 2. The van der Waals surface area contributed by atoms with Gasteiger partial charge in [-0.3, -0.25) is 9.97 Å². The lowest BCUT2D eigenvalue weighted by Gasteiger charge is -2.09. The van der Waals surface area contributed by atoms with Crippen LogP contribution in [0, 0.1) is 0 Å². The van der Waals surface area contributed by atoms with Crippen LogP contribution in [-0.4, -0.2) is 9.97 Å². The van der Waals surface area contributed by atoms with Crippen molar-refractivity contribution in [3.05, 3.63) is 158 Å². The molecule has 0 amide bonds. The minimum Gasteiger partial charge on any atom is -0.456 e. The van der Waals surface area contributed by atoms with Gasteiger partial charge in [-0.1, -0.05) is 88.4 Å². The van der Waals surface area contributed by atoms with Crippen molar-refractivity contribution < 1.29 is 13.3 Å². The molecule has 0 aliphatic carbocycles. The summed E-state index contributed by atoms with van der Waals surface area (Å²) in [5, 5.41) is 6.36. The van der Waals surface area contributed by atoms with Crippen molar-refractivity contribution in [3.8, 4) is 44.5 Å². The molecule has 0 atom stereocenters. The third-order valence-corrected chi connectivity index (χ3v) is 10.1. The van der Waals surface area contributed by atoms with E-state index in [2.05, 4.69) is 119 Å². The normalized spacial score (nSPS) is 11.3. The summed E-state index contributed by atoms with van der Waals surface area (Å²) in [4.78, 5) is 8.63. The van der Waals surface area contributed by atoms with E-state index < -0.39 is 0 Å². The van der Waals surface area contributed by atoms with E-state index in [1.165, 1.54) is 0 Å². The van der Waals surface area contributed by atoms with Gasteiger partial charge in [0.1, 0.15) is 33.5 Å². The Kier molecular flexibility index (Phi) is 8.68. The Morgan fingerprint density at radius 1 is 0.291 bits per heavy atom. The molecule has 0 saturated heterocycles. The van der Waals surface area contributed by atoms with E-state index in [4.69, 9.17) is 13.3 Å². The third kappa shape index (κ3) is 5.91. The predicted octanol–water partition coefficient (Wildman–Crippen LogP) is 14.9. The summed E-state index contributed by atoms with van der Waals surface area (Å²) in [5.74, 6) is 0. The molecule has 6 aromatic carbocycles. The van der Waals surface area contributed by atoms with Gasteiger partial charge in [0.25, 0.3) is 0 Å². The summed E-state index contributed by atoms with van der Waals surface area (Å²) in [7, 11) is 0. The van der Waals surface area contributed by atoms with Gasteiger partial charge in [-0.15, -0.1) is 0 Å². The average molecular weight is 715 g/mol. The maximum atomic E-state index is 6.31. The molecule has 11 rings (SSSR count). The summed E-state index contributed by atoms with van der Waals surface area (Å²) in [6.45, 7) is 8.00. The van der Waals surface area contributed by atoms with Gasteiger partial charge in [-0.05, 0) is 117 Å². The number of hydrogen-bond donors (Lipinski definition) is 0. The highest BCUT2D eigenvalue weighted by atomic mass is 16.3. The predicted molar refractivity (Wildman–Crippen MR) is 228 cm³/mol. The molecule has 0 fully saturated rings. The van der Waals surface area contributed by atoms with Crippen molar-refractivity contribution >= 4 is 65.8 Å². The average Bonchev–Trinajstić information content (AvgIpc) is 3.95. The number of pyridine rings is 2. The third-order valence-electron chi connectivity index (χ3n) is 10.1. The zero-order valence-electron chi connectivity index (χ0n) is 31.1. The molecule has 11 aromatic rings. The number of furan rings is 3. The Labute approximate surface area is 318 Å². The lowest BCUT2D eigenvalue weighted by Crippen LogP contribution is -1.84. The lowest BCUT2D eigenvalue weighted by molar-refractivity contribution is 0.668. The second kappa shape index (κ2) is 14.1. The van der Waals surface area contributed by atoms with E-state index in [0.29, 0.717) is 0 Å². The summed E-state index contributed by atoms with van der Waals surface area (Å²) >= 11 is 0. The van der Waals surface area contributed by atoms with Gasteiger partial charge in [0.2, 0.25) is 0 Å². The molecule has 55 heavy (non-hydrogen) atoms. The molecule has 0 N–H and O–H groups in total. The summed E-state index contributed by atoms with van der Waals surface area (Å²) < 4.78 is 18.4. The number of benzene rings is 6. The molecule has 0 aliphatic rings. The van der Waals surface area contributed by atoms with Crippen molar-refractivity contribution in [2.45, 2.75) is 27.7 Å². The molecular weight excluding hydrogens is 677 g/mol. The maximum Gasteiger partial charge on any atom is 0.138 e. The molecule has 0 bridgehead atoms. The first kappa shape index (κ1) is 33.8. The van der Waals surface area contributed by atoms with Crippen molar-refractivity contribution in [1.29, 1.82) is 0 Å². The van der Waals surface area contributed by atoms with Crippen LogP contribution in [0.5, 0.6) is 0 Å². The minimum absolute atomic E-state index is 0.844. The van der Waals surface area contributed by atoms with Crippen LogP contribution in [0.1, 0.15) is 27.7 Å². The van der Waals surface area contributed by atoms with Crippen molar-refractivity contribution in [1.82, 2.24) is 9.97 Å². The number of fused-ring (bicyclic) bond motifs is 9. The first-order valence-electron chi connectivity index (χ1n) is 18.9. The van der Waals surface area contributed by atoms with Crippen LogP contribution in [0.4, 0.5) is 0 Å². The highest BCUT2D eigenvalue weighted by molar-refractivity contribution is 6.09. The standard InChI is InChI=1S/C46H26N2O3.2C2H6/c1-3-27(28-4-2-6-30(20-28)32-8-13-43-37(23-32)39-25-47-17-15-45(39)50-43)19-29(5-1)31-7-11-41-35(21-31)36-22-33(9-12-42(36)49-41)34-10-14-44-38(24-34)40-26-48-18-16-46(40)51-44;2*1-2/h1-26H;2*1-2H3. The van der Waals surface area contributed by atoms with Crippen LogP contribution in [-0.2, 0) is 0 Å². The second-order valence-corrected chi connectivity index (χ2v) is 13.1. The van der Waals surface area contributed by atoms with Crippen LogP contribution in [0.3, 0.4) is 0 Å². The van der Waals surface area contributed by atoms with E-state index in [1.807, 2.05) is 64.4 Å². The lowest BCUT2D eigenvalue weighted by atomic mass is 9.95. The van der Waals surface area contributed by atoms with E-state index in [-0.39, 0.29) is 0 Å². The van der Waals surface area contributed by atoms with E-state index >= 15 is 0 Å². The highest BCUT2D eigenvalue weighted by Gasteiger charge is 2.14. The van der Waals surface area contributed by atoms with Gasteiger partial charge in [0.05, 0.1) is 0 Å². The zero-order chi connectivity index (χ0) is 37.5. The number of hydrogen-bond acceptors (Lipinski definition) is 5. The fraction of sp³-hybridized carbons (Fsp3) is 0.0800. The van der Waals surface area contributed by atoms with Crippen molar-refractivity contribution in [3.63, 3.8) is 0 Å². The number of rotatable bonds is 4. The largest absolute Gasteiger partial charge is 0.456 e. The molecule has 0 aliphatic heterocycles. The molecule has 5 nitrogen and oxygen atoms in total. The first-order valence-corrected chi connectivity index (χ1v) is 18.9. The Morgan fingerprint density at radius 3 is 0.891 bits per heavy atom. The van der Waals surface area contributed by atoms with Crippen LogP contribution < -0.4 is 0 Å². The van der Waals surface area contributed by atoms with Gasteiger partial charge in [0, 0.05) is 57.1 Å². The summed E-state index contributed by atoms with van der Waals surface area (Å²) in [6, 6.07) is 46.9. The van der Waals surface area contributed by atoms with Crippen LogP contribution >= 0.6 is 0 Å².